The van der Waals surface area contributed by atoms with Gasteiger partial charge in [0, 0.05) is 25.9 Å². The summed E-state index contributed by atoms with van der Waals surface area (Å²) in [6.45, 7) is 0.898. The summed E-state index contributed by atoms with van der Waals surface area (Å²) in [5, 5.41) is 5.94. The molecule has 1 amide bonds. The van der Waals surface area contributed by atoms with Crippen molar-refractivity contribution in [2.24, 2.45) is 0 Å². The Balaban J connectivity index is 2.16. The molecule has 2 aromatic rings. The van der Waals surface area contributed by atoms with Crippen LogP contribution in [-0.2, 0) is 4.74 Å². The van der Waals surface area contributed by atoms with Gasteiger partial charge in [-0.1, -0.05) is 0 Å². The van der Waals surface area contributed by atoms with Gasteiger partial charge in [-0.05, 0) is 18.2 Å². The van der Waals surface area contributed by atoms with Gasteiger partial charge in [0.15, 0.2) is 0 Å². The molecule has 24 heavy (non-hydrogen) atoms. The number of pyridine rings is 1. The molecule has 128 valence electrons. The van der Waals surface area contributed by atoms with Crippen LogP contribution in [0.1, 0.15) is 10.4 Å². The van der Waals surface area contributed by atoms with Gasteiger partial charge in [0.25, 0.3) is 5.91 Å². The fourth-order valence-electron chi connectivity index (χ4n) is 2.07. The fourth-order valence-corrected chi connectivity index (χ4v) is 2.07. The van der Waals surface area contributed by atoms with Gasteiger partial charge in [-0.15, -0.1) is 0 Å². The molecule has 1 aromatic heterocycles. The normalized spacial score (nSPS) is 10.1. The van der Waals surface area contributed by atoms with Crippen LogP contribution in [0, 0.1) is 0 Å². The topological polar surface area (TPSA) is 81.7 Å². The summed E-state index contributed by atoms with van der Waals surface area (Å²) in [4.78, 5) is 16.2. The molecular weight excluding hydrogens is 310 g/mol. The van der Waals surface area contributed by atoms with Gasteiger partial charge in [0.2, 0.25) is 0 Å². The van der Waals surface area contributed by atoms with Crippen LogP contribution in [0.5, 0.6) is 11.5 Å². The SMILES string of the molecule is COCCNC(=O)c1cncc(Nc2cc(OC)ccc2OC)c1. The van der Waals surface area contributed by atoms with Gasteiger partial charge >= 0.3 is 0 Å². The van der Waals surface area contributed by atoms with Crippen molar-refractivity contribution >= 4 is 17.3 Å². The van der Waals surface area contributed by atoms with E-state index in [1.54, 1.807) is 39.7 Å². The molecule has 7 nitrogen and oxygen atoms in total. The first kappa shape index (κ1) is 17.6. The van der Waals surface area contributed by atoms with Gasteiger partial charge in [-0.25, -0.2) is 0 Å². The van der Waals surface area contributed by atoms with E-state index in [4.69, 9.17) is 14.2 Å². The lowest BCUT2D eigenvalue weighted by Gasteiger charge is -2.13. The molecule has 0 bridgehead atoms. The number of carbonyl (C=O) groups is 1. The molecule has 0 saturated carbocycles. The van der Waals surface area contributed by atoms with E-state index in [-0.39, 0.29) is 5.91 Å². The second kappa shape index (κ2) is 8.73. The zero-order chi connectivity index (χ0) is 17.4. The largest absolute Gasteiger partial charge is 0.497 e. The van der Waals surface area contributed by atoms with Crippen LogP contribution in [0.4, 0.5) is 11.4 Å². The van der Waals surface area contributed by atoms with E-state index in [1.807, 2.05) is 12.1 Å². The molecule has 0 fully saturated rings. The van der Waals surface area contributed by atoms with Crippen LogP contribution in [0.25, 0.3) is 0 Å². The Morgan fingerprint density at radius 1 is 1.12 bits per heavy atom. The van der Waals surface area contributed by atoms with Crippen molar-refractivity contribution in [1.82, 2.24) is 10.3 Å². The molecule has 0 unspecified atom stereocenters. The summed E-state index contributed by atoms with van der Waals surface area (Å²) >= 11 is 0. The molecule has 0 saturated heterocycles. The zero-order valence-electron chi connectivity index (χ0n) is 14.0. The van der Waals surface area contributed by atoms with Crippen molar-refractivity contribution in [3.63, 3.8) is 0 Å². The average molecular weight is 331 g/mol. The maximum atomic E-state index is 12.1. The monoisotopic (exact) mass is 331 g/mol. The fraction of sp³-hybridized carbons (Fsp3) is 0.294. The number of aromatic nitrogens is 1. The minimum Gasteiger partial charge on any atom is -0.497 e. The number of hydrogen-bond donors (Lipinski definition) is 2. The van der Waals surface area contributed by atoms with Gasteiger partial charge in [0.05, 0.1) is 44.0 Å². The maximum Gasteiger partial charge on any atom is 0.253 e. The molecule has 0 aliphatic heterocycles. The van der Waals surface area contributed by atoms with E-state index in [0.29, 0.717) is 35.9 Å². The second-order valence-electron chi connectivity index (χ2n) is 4.90. The van der Waals surface area contributed by atoms with Crippen molar-refractivity contribution in [1.29, 1.82) is 0 Å². The summed E-state index contributed by atoms with van der Waals surface area (Å²) in [5.74, 6) is 1.14. The molecule has 0 aliphatic carbocycles. The number of anilines is 2. The number of hydrogen-bond acceptors (Lipinski definition) is 6. The molecule has 1 heterocycles. The highest BCUT2D eigenvalue weighted by Crippen LogP contribution is 2.31. The average Bonchev–Trinajstić information content (AvgIpc) is 2.62. The molecule has 1 aromatic carbocycles. The lowest BCUT2D eigenvalue weighted by Crippen LogP contribution is -2.27. The Morgan fingerprint density at radius 2 is 1.96 bits per heavy atom. The van der Waals surface area contributed by atoms with Crippen LogP contribution < -0.4 is 20.1 Å². The van der Waals surface area contributed by atoms with Crippen LogP contribution in [0.2, 0.25) is 0 Å². The minimum absolute atomic E-state index is 0.208. The Labute approximate surface area is 140 Å². The smallest absolute Gasteiger partial charge is 0.253 e. The molecule has 0 radical (unpaired) electrons. The highest BCUT2D eigenvalue weighted by molar-refractivity contribution is 5.94. The molecular formula is C17H21N3O4. The number of carbonyl (C=O) groups excluding carboxylic acids is 1. The van der Waals surface area contributed by atoms with E-state index in [2.05, 4.69) is 15.6 Å². The number of benzene rings is 1. The lowest BCUT2D eigenvalue weighted by molar-refractivity contribution is 0.0937. The predicted octanol–water partition coefficient (Wildman–Crippen LogP) is 2.22. The molecule has 0 aliphatic rings. The van der Waals surface area contributed by atoms with Crippen LogP contribution in [0.15, 0.2) is 36.7 Å². The standard InChI is InChI=1S/C17H21N3O4/c1-22-7-6-19-17(21)12-8-13(11-18-10-12)20-15-9-14(23-2)4-5-16(15)24-3/h4-5,8-11,20H,6-7H2,1-3H3,(H,19,21). The molecule has 0 spiro atoms. The summed E-state index contributed by atoms with van der Waals surface area (Å²) in [5.41, 5.74) is 1.84. The molecule has 7 heteroatoms. The third-order valence-corrected chi connectivity index (χ3v) is 3.28. The van der Waals surface area contributed by atoms with Crippen molar-refractivity contribution in [2.75, 3.05) is 39.8 Å². The van der Waals surface area contributed by atoms with Gasteiger partial charge < -0.3 is 24.8 Å². The third kappa shape index (κ3) is 4.60. The van der Waals surface area contributed by atoms with Gasteiger partial charge in [-0.3, -0.25) is 9.78 Å². The molecule has 2 N–H and O–H groups in total. The van der Waals surface area contributed by atoms with Crippen molar-refractivity contribution in [2.45, 2.75) is 0 Å². The van der Waals surface area contributed by atoms with Crippen molar-refractivity contribution in [3.8, 4) is 11.5 Å². The minimum atomic E-state index is -0.208. The van der Waals surface area contributed by atoms with Crippen LogP contribution >= 0.6 is 0 Å². The van der Waals surface area contributed by atoms with Crippen molar-refractivity contribution < 1.29 is 19.0 Å². The number of nitrogens with one attached hydrogen (secondary N) is 2. The summed E-state index contributed by atoms with van der Waals surface area (Å²) in [6.07, 6.45) is 3.14. The summed E-state index contributed by atoms with van der Waals surface area (Å²) in [6, 6.07) is 7.13. The first-order valence-electron chi connectivity index (χ1n) is 7.39. The Hall–Kier alpha value is -2.80. The Kier molecular flexibility index (Phi) is 6.39. The lowest BCUT2D eigenvalue weighted by atomic mass is 10.2. The predicted molar refractivity (Wildman–Crippen MR) is 91.3 cm³/mol. The number of ether oxygens (including phenoxy) is 3. The van der Waals surface area contributed by atoms with Crippen LogP contribution in [0.3, 0.4) is 0 Å². The summed E-state index contributed by atoms with van der Waals surface area (Å²) in [7, 11) is 4.77. The molecule has 0 atom stereocenters. The first-order chi connectivity index (χ1) is 11.7. The van der Waals surface area contributed by atoms with E-state index >= 15 is 0 Å². The van der Waals surface area contributed by atoms with Crippen LogP contribution in [-0.4, -0.2) is 45.4 Å². The van der Waals surface area contributed by atoms with Crippen molar-refractivity contribution in [3.05, 3.63) is 42.2 Å². The first-order valence-corrected chi connectivity index (χ1v) is 7.39. The van der Waals surface area contributed by atoms with E-state index in [9.17, 15) is 4.79 Å². The quantitative estimate of drug-likeness (QED) is 0.722. The Morgan fingerprint density at radius 3 is 2.67 bits per heavy atom. The number of nitrogens with zero attached hydrogens (tertiary/aromatic N) is 1. The second-order valence-corrected chi connectivity index (χ2v) is 4.90. The summed E-state index contributed by atoms with van der Waals surface area (Å²) < 4.78 is 15.5. The highest BCUT2D eigenvalue weighted by Gasteiger charge is 2.09. The highest BCUT2D eigenvalue weighted by atomic mass is 16.5. The third-order valence-electron chi connectivity index (χ3n) is 3.28. The van der Waals surface area contributed by atoms with Gasteiger partial charge in [-0.2, -0.15) is 0 Å². The van der Waals surface area contributed by atoms with E-state index in [0.717, 1.165) is 5.69 Å². The Bertz CT molecular complexity index is 691. The number of methoxy groups -OCH3 is 3. The maximum absolute atomic E-state index is 12.1. The number of rotatable bonds is 8. The zero-order valence-corrected chi connectivity index (χ0v) is 14.0. The molecule has 2 rings (SSSR count). The van der Waals surface area contributed by atoms with E-state index < -0.39 is 0 Å². The number of amides is 1. The van der Waals surface area contributed by atoms with E-state index in [1.165, 1.54) is 6.20 Å². The van der Waals surface area contributed by atoms with Gasteiger partial charge in [0.1, 0.15) is 11.5 Å².